The summed E-state index contributed by atoms with van der Waals surface area (Å²) in [7, 11) is 0. The molecule has 5 N–H and O–H groups in total. The number of carbonyl (C=O) groups excluding carboxylic acids is 3. The van der Waals surface area contributed by atoms with E-state index in [9.17, 15) is 24.3 Å². The van der Waals surface area contributed by atoms with Crippen molar-refractivity contribution in [2.24, 2.45) is 5.92 Å². The molecule has 0 saturated carbocycles. The number of nitrogens with one attached hydrogen (secondary N) is 4. The number of aromatic amines is 1. The zero-order chi connectivity index (χ0) is 29.4. The number of tetrazole rings is 1. The maximum atomic E-state index is 14.0. The molecule has 3 amide bonds. The van der Waals surface area contributed by atoms with Gasteiger partial charge in [0.25, 0.3) is 5.91 Å². The van der Waals surface area contributed by atoms with Crippen molar-refractivity contribution in [1.29, 1.82) is 0 Å². The van der Waals surface area contributed by atoms with Crippen LogP contribution in [-0.4, -0.2) is 82.5 Å². The third-order valence-electron chi connectivity index (χ3n) is 6.78. The monoisotopic (exact) mass is 565 g/mol. The molecule has 16 nitrogen and oxygen atoms in total. The second-order valence-electron chi connectivity index (χ2n) is 9.53. The molecule has 3 aromatic heterocycles. The predicted molar refractivity (Wildman–Crippen MR) is 143 cm³/mol. The Hall–Kier alpha value is -5.02. The van der Waals surface area contributed by atoms with E-state index in [1.54, 1.807) is 18.2 Å². The molecule has 1 aliphatic rings. The summed E-state index contributed by atoms with van der Waals surface area (Å²) in [5.41, 5.74) is 0.657. The number of hydrogen-bond donors (Lipinski definition) is 5. The molecule has 0 unspecified atom stereocenters. The normalized spacial score (nSPS) is 16.2. The lowest BCUT2D eigenvalue weighted by molar-refractivity contribution is -0.138. The number of fused-ring (bicyclic) bond motifs is 1. The van der Waals surface area contributed by atoms with Crippen LogP contribution >= 0.6 is 0 Å². The fraction of sp³-hybridized carbons (Fsp3) is 0.440. The molecule has 0 saturated heterocycles. The van der Waals surface area contributed by atoms with Gasteiger partial charge in [-0.3, -0.25) is 24.1 Å². The highest BCUT2D eigenvalue weighted by Gasteiger charge is 2.42. The summed E-state index contributed by atoms with van der Waals surface area (Å²) in [5.74, 6) is -2.26. The number of aliphatic carboxylic acids is 1. The number of hydrogen-bond acceptors (Lipinski definition) is 11. The van der Waals surface area contributed by atoms with Gasteiger partial charge in [0.2, 0.25) is 17.8 Å². The molecule has 0 bridgehead atoms. The Kier molecular flexibility index (Phi) is 9.44. The number of carbonyl (C=O) groups is 4. The molecule has 0 spiro atoms. The second kappa shape index (κ2) is 13.4. The zero-order valence-corrected chi connectivity index (χ0v) is 22.5. The third kappa shape index (κ3) is 7.14. The van der Waals surface area contributed by atoms with Crippen LogP contribution in [0.3, 0.4) is 0 Å². The first-order chi connectivity index (χ1) is 19.8. The van der Waals surface area contributed by atoms with Crippen molar-refractivity contribution in [1.82, 2.24) is 46.2 Å². The third-order valence-corrected chi connectivity index (χ3v) is 6.78. The summed E-state index contributed by atoms with van der Waals surface area (Å²) in [4.78, 5) is 66.1. The molecular formula is C25H31N11O5. The van der Waals surface area contributed by atoms with Crippen LogP contribution in [0.5, 0.6) is 0 Å². The van der Waals surface area contributed by atoms with Crippen molar-refractivity contribution in [3.8, 4) is 0 Å². The van der Waals surface area contributed by atoms with E-state index in [-0.39, 0.29) is 42.9 Å². The molecule has 1 aliphatic heterocycles. The number of rotatable bonds is 13. The first-order valence-corrected chi connectivity index (χ1v) is 13.1. The van der Waals surface area contributed by atoms with Crippen LogP contribution in [0.25, 0.3) is 0 Å². The van der Waals surface area contributed by atoms with E-state index < -0.39 is 48.2 Å². The quantitative estimate of drug-likeness (QED) is 0.182. The lowest BCUT2D eigenvalue weighted by atomic mass is 9.97. The number of nitrogens with zero attached hydrogens (tertiary/aromatic N) is 7. The molecule has 3 aromatic rings. The van der Waals surface area contributed by atoms with Gasteiger partial charge < -0.3 is 21.1 Å². The summed E-state index contributed by atoms with van der Waals surface area (Å²) in [6.07, 6.45) is 4.75. The molecule has 4 rings (SSSR count). The van der Waals surface area contributed by atoms with Gasteiger partial charge in [0.15, 0.2) is 5.82 Å². The lowest BCUT2D eigenvalue weighted by Gasteiger charge is -2.30. The Morgan fingerprint density at radius 1 is 1.15 bits per heavy atom. The maximum absolute atomic E-state index is 14.0. The van der Waals surface area contributed by atoms with Crippen molar-refractivity contribution in [3.63, 3.8) is 0 Å². The molecule has 0 radical (unpaired) electrons. The average Bonchev–Trinajstić information content (AvgIpc) is 3.64. The number of aromatic nitrogens is 7. The Balaban J connectivity index is 1.59. The van der Waals surface area contributed by atoms with Crippen LogP contribution in [0.2, 0.25) is 0 Å². The summed E-state index contributed by atoms with van der Waals surface area (Å²) >= 11 is 0. The van der Waals surface area contributed by atoms with E-state index in [0.717, 1.165) is 0 Å². The Bertz CT molecular complexity index is 1350. The van der Waals surface area contributed by atoms with Gasteiger partial charge in [-0.25, -0.2) is 15.0 Å². The van der Waals surface area contributed by atoms with E-state index in [1.807, 2.05) is 13.8 Å². The SMILES string of the molecule is CC[C@H](C)[C@H](Nc1ncccn1)C(=O)N[C@@H](CCC(=O)O)C(=O)N1c2ncccc2C[C@H]1C(=O)NCc1nn[nH]n1. The van der Waals surface area contributed by atoms with Gasteiger partial charge in [-0.05, 0) is 30.0 Å². The fourth-order valence-corrected chi connectivity index (χ4v) is 4.43. The fourth-order valence-electron chi connectivity index (χ4n) is 4.43. The van der Waals surface area contributed by atoms with Gasteiger partial charge in [-0.15, -0.1) is 10.2 Å². The molecule has 4 atom stereocenters. The predicted octanol–water partition coefficient (Wildman–Crippen LogP) is -0.165. The summed E-state index contributed by atoms with van der Waals surface area (Å²) in [6.45, 7) is 3.75. The average molecular weight is 566 g/mol. The van der Waals surface area contributed by atoms with Gasteiger partial charge in [0.1, 0.15) is 23.9 Å². The number of H-pyrrole nitrogens is 1. The van der Waals surface area contributed by atoms with Gasteiger partial charge in [-0.1, -0.05) is 31.5 Å². The van der Waals surface area contributed by atoms with Crippen molar-refractivity contribution < 1.29 is 24.3 Å². The minimum absolute atomic E-state index is 0.0272. The standard InChI is InChI=1S/C25H31N11O5/c1-3-14(2)20(31-25-27-10-5-11-28-25)23(40)30-16(7-8-19(37)38)24(41)36-17(12-15-6-4-9-26-21(15)36)22(39)29-13-18-32-34-35-33-18/h4-6,9-11,14,16-17,20H,3,7-8,12-13H2,1-2H3,(H,29,39)(H,30,40)(H,37,38)(H,27,28,31)(H,32,33,34,35)/t14-,16-,17-,20-/m0/s1. The zero-order valence-electron chi connectivity index (χ0n) is 22.5. The molecular weight excluding hydrogens is 534 g/mol. The first kappa shape index (κ1) is 29.0. The van der Waals surface area contributed by atoms with E-state index >= 15 is 0 Å². The van der Waals surface area contributed by atoms with Crippen molar-refractivity contribution in [2.75, 3.05) is 10.2 Å². The smallest absolute Gasteiger partial charge is 0.303 e. The number of carboxylic acid groups (broad SMARTS) is 1. The molecule has 0 fully saturated rings. The van der Waals surface area contributed by atoms with E-state index in [0.29, 0.717) is 12.0 Å². The molecule has 0 aromatic carbocycles. The summed E-state index contributed by atoms with van der Waals surface area (Å²) in [5, 5.41) is 31.2. The van der Waals surface area contributed by atoms with Crippen LogP contribution in [0.15, 0.2) is 36.8 Å². The van der Waals surface area contributed by atoms with Gasteiger partial charge in [0.05, 0.1) is 6.54 Å². The van der Waals surface area contributed by atoms with Gasteiger partial charge >= 0.3 is 5.97 Å². The topological polar surface area (TPSA) is 221 Å². The number of anilines is 2. The molecule has 16 heteroatoms. The highest BCUT2D eigenvalue weighted by atomic mass is 16.4. The van der Waals surface area contributed by atoms with Crippen LogP contribution in [0.4, 0.5) is 11.8 Å². The van der Waals surface area contributed by atoms with Gasteiger partial charge in [-0.2, -0.15) is 5.21 Å². The highest BCUT2D eigenvalue weighted by molar-refractivity contribution is 6.06. The summed E-state index contributed by atoms with van der Waals surface area (Å²) in [6, 6.07) is 2.01. The number of pyridine rings is 1. The number of carboxylic acids is 1. The minimum Gasteiger partial charge on any atom is -0.481 e. The Morgan fingerprint density at radius 3 is 2.59 bits per heavy atom. The van der Waals surface area contributed by atoms with Crippen molar-refractivity contribution in [2.45, 2.75) is 64.2 Å². The van der Waals surface area contributed by atoms with Crippen LogP contribution in [-0.2, 0) is 32.1 Å². The van der Waals surface area contributed by atoms with Crippen LogP contribution in [0.1, 0.15) is 44.5 Å². The number of amides is 3. The van der Waals surface area contributed by atoms with E-state index in [4.69, 9.17) is 0 Å². The Labute approximate surface area is 234 Å². The van der Waals surface area contributed by atoms with Crippen LogP contribution < -0.4 is 20.9 Å². The highest BCUT2D eigenvalue weighted by Crippen LogP contribution is 2.31. The molecule has 0 aliphatic carbocycles. The first-order valence-electron chi connectivity index (χ1n) is 13.1. The summed E-state index contributed by atoms with van der Waals surface area (Å²) < 4.78 is 0. The molecule has 4 heterocycles. The maximum Gasteiger partial charge on any atom is 0.303 e. The van der Waals surface area contributed by atoms with Crippen LogP contribution in [0, 0.1) is 5.92 Å². The molecule has 216 valence electrons. The second-order valence-corrected chi connectivity index (χ2v) is 9.53. The van der Waals surface area contributed by atoms with E-state index in [2.05, 4.69) is 51.5 Å². The van der Waals surface area contributed by atoms with Gasteiger partial charge in [0, 0.05) is 31.4 Å². The minimum atomic E-state index is -1.26. The van der Waals surface area contributed by atoms with E-state index in [1.165, 1.54) is 23.5 Å². The van der Waals surface area contributed by atoms with Crippen molar-refractivity contribution in [3.05, 3.63) is 48.2 Å². The molecule has 41 heavy (non-hydrogen) atoms. The lowest BCUT2D eigenvalue weighted by Crippen LogP contribution is -2.57. The largest absolute Gasteiger partial charge is 0.481 e. The Morgan fingerprint density at radius 2 is 1.90 bits per heavy atom. The van der Waals surface area contributed by atoms with Crippen molar-refractivity contribution >= 4 is 35.5 Å².